The molecule has 2 heteroatoms. The molecule has 70 heavy (non-hydrogen) atoms. The lowest BCUT2D eigenvalue weighted by molar-refractivity contribution is 1.15. The summed E-state index contributed by atoms with van der Waals surface area (Å²) in [6.07, 6.45) is 0.679. The Balaban J connectivity index is 1.10. The van der Waals surface area contributed by atoms with Crippen LogP contribution in [0.3, 0.4) is 0 Å². The van der Waals surface area contributed by atoms with Gasteiger partial charge in [-0.1, -0.05) is 212 Å². The SMILES string of the molecule is Cc1ccc(-c2ccccc2)cc1Nc1cc(-c2ccccc2)ccc1Cc1ccc(-c2ccccc2)cc1N(c1cc(-c2ccccc2)ccc1C)c1cc(C)c2ccc3cccc4ccc1c2c34. The van der Waals surface area contributed by atoms with Gasteiger partial charge in [-0.25, -0.2) is 0 Å². The molecule has 0 atom stereocenters. The molecule has 334 valence electrons. The fourth-order valence-corrected chi connectivity index (χ4v) is 10.5. The van der Waals surface area contributed by atoms with E-state index < -0.39 is 0 Å². The van der Waals surface area contributed by atoms with E-state index in [2.05, 4.69) is 274 Å². The summed E-state index contributed by atoms with van der Waals surface area (Å²) in [5.74, 6) is 0. The van der Waals surface area contributed by atoms with Crippen LogP contribution < -0.4 is 10.2 Å². The highest BCUT2D eigenvalue weighted by Crippen LogP contribution is 2.49. The molecule has 0 radical (unpaired) electrons. The Morgan fingerprint density at radius 2 is 0.771 bits per heavy atom. The topological polar surface area (TPSA) is 15.3 Å². The molecule has 0 aliphatic heterocycles. The maximum Gasteiger partial charge on any atom is 0.0543 e. The fourth-order valence-electron chi connectivity index (χ4n) is 10.5. The van der Waals surface area contributed by atoms with Crippen LogP contribution in [0, 0.1) is 20.8 Å². The van der Waals surface area contributed by atoms with Gasteiger partial charge < -0.3 is 10.2 Å². The van der Waals surface area contributed by atoms with E-state index >= 15 is 0 Å². The molecule has 0 unspecified atom stereocenters. The molecule has 0 saturated carbocycles. The van der Waals surface area contributed by atoms with Crippen molar-refractivity contribution >= 4 is 60.8 Å². The minimum Gasteiger partial charge on any atom is -0.355 e. The molecule has 2 nitrogen and oxygen atoms in total. The first-order valence-corrected chi connectivity index (χ1v) is 24.4. The van der Waals surface area contributed by atoms with Crippen molar-refractivity contribution in [3.63, 3.8) is 0 Å². The molecular weight excluding hydrogens is 845 g/mol. The van der Waals surface area contributed by atoms with Crippen molar-refractivity contribution in [2.24, 2.45) is 0 Å². The van der Waals surface area contributed by atoms with Crippen molar-refractivity contribution in [1.82, 2.24) is 0 Å². The van der Waals surface area contributed by atoms with Crippen molar-refractivity contribution in [2.75, 3.05) is 10.2 Å². The quantitative estimate of drug-likeness (QED) is 0.130. The molecular formula is C68H52N2. The van der Waals surface area contributed by atoms with Gasteiger partial charge in [0.2, 0.25) is 0 Å². The lowest BCUT2D eigenvalue weighted by atomic mass is 9.90. The third-order valence-electron chi connectivity index (χ3n) is 14.3. The van der Waals surface area contributed by atoms with Gasteiger partial charge in [-0.15, -0.1) is 0 Å². The third-order valence-corrected chi connectivity index (χ3v) is 14.3. The second kappa shape index (κ2) is 18.1. The minimum absolute atomic E-state index is 0.679. The zero-order chi connectivity index (χ0) is 47.1. The fraction of sp³-hybridized carbons (Fsp3) is 0.0588. The van der Waals surface area contributed by atoms with Crippen LogP contribution in [0.5, 0.6) is 0 Å². The van der Waals surface area contributed by atoms with Gasteiger partial charge in [-0.2, -0.15) is 0 Å². The highest BCUT2D eigenvalue weighted by Gasteiger charge is 2.25. The molecule has 0 aromatic heterocycles. The van der Waals surface area contributed by atoms with E-state index in [9.17, 15) is 0 Å². The van der Waals surface area contributed by atoms with E-state index in [4.69, 9.17) is 0 Å². The largest absolute Gasteiger partial charge is 0.355 e. The first kappa shape index (κ1) is 42.6. The molecule has 1 N–H and O–H groups in total. The summed E-state index contributed by atoms with van der Waals surface area (Å²) in [5, 5.41) is 11.7. The lowest BCUT2D eigenvalue weighted by Gasteiger charge is -2.32. The normalized spacial score (nSPS) is 11.4. The maximum absolute atomic E-state index is 4.01. The van der Waals surface area contributed by atoms with Gasteiger partial charge in [0.05, 0.1) is 11.4 Å². The summed E-state index contributed by atoms with van der Waals surface area (Å²) in [4.78, 5) is 2.58. The van der Waals surface area contributed by atoms with Crippen molar-refractivity contribution in [3.8, 4) is 44.5 Å². The Morgan fingerprint density at radius 3 is 1.34 bits per heavy atom. The van der Waals surface area contributed by atoms with Crippen LogP contribution in [0.15, 0.2) is 243 Å². The molecule has 12 aromatic carbocycles. The summed E-state index contributed by atoms with van der Waals surface area (Å²) in [5.41, 5.74) is 21.1. The van der Waals surface area contributed by atoms with E-state index in [1.54, 1.807) is 0 Å². The summed E-state index contributed by atoms with van der Waals surface area (Å²) in [7, 11) is 0. The van der Waals surface area contributed by atoms with Crippen LogP contribution in [0.4, 0.5) is 28.4 Å². The van der Waals surface area contributed by atoms with Gasteiger partial charge in [0, 0.05) is 28.9 Å². The number of nitrogens with one attached hydrogen (secondary N) is 1. The molecule has 0 spiro atoms. The molecule has 12 aromatic rings. The van der Waals surface area contributed by atoms with Crippen molar-refractivity contribution in [1.29, 1.82) is 0 Å². The first-order valence-electron chi connectivity index (χ1n) is 24.4. The molecule has 0 bridgehead atoms. The van der Waals surface area contributed by atoms with Crippen LogP contribution in [0.1, 0.15) is 27.8 Å². The number of rotatable bonds is 11. The maximum atomic E-state index is 4.01. The van der Waals surface area contributed by atoms with Gasteiger partial charge in [-0.05, 0) is 150 Å². The zero-order valence-electron chi connectivity index (χ0n) is 39.7. The van der Waals surface area contributed by atoms with Gasteiger partial charge in [0.1, 0.15) is 0 Å². The summed E-state index contributed by atoms with van der Waals surface area (Å²) < 4.78 is 0. The minimum atomic E-state index is 0.679. The number of nitrogens with zero attached hydrogens (tertiary/aromatic N) is 1. The number of benzene rings is 12. The van der Waals surface area contributed by atoms with E-state index in [-0.39, 0.29) is 0 Å². The van der Waals surface area contributed by atoms with E-state index in [1.165, 1.54) is 105 Å². The van der Waals surface area contributed by atoms with E-state index in [0.29, 0.717) is 6.42 Å². The number of hydrogen-bond donors (Lipinski definition) is 1. The summed E-state index contributed by atoms with van der Waals surface area (Å²) in [6, 6.07) is 89.2. The average Bonchev–Trinajstić information content (AvgIpc) is 3.41. The van der Waals surface area contributed by atoms with Crippen LogP contribution >= 0.6 is 0 Å². The van der Waals surface area contributed by atoms with Crippen LogP contribution in [0.2, 0.25) is 0 Å². The first-order chi connectivity index (χ1) is 34.4. The van der Waals surface area contributed by atoms with Gasteiger partial charge in [0.25, 0.3) is 0 Å². The molecule has 0 aliphatic rings. The van der Waals surface area contributed by atoms with Crippen LogP contribution in [-0.4, -0.2) is 0 Å². The van der Waals surface area contributed by atoms with Crippen LogP contribution in [0.25, 0.3) is 76.8 Å². The number of anilines is 5. The highest BCUT2D eigenvalue weighted by molar-refractivity contribution is 6.26. The lowest BCUT2D eigenvalue weighted by Crippen LogP contribution is -2.15. The van der Waals surface area contributed by atoms with E-state index in [1.807, 2.05) is 0 Å². The summed E-state index contributed by atoms with van der Waals surface area (Å²) in [6.45, 7) is 6.74. The van der Waals surface area contributed by atoms with Gasteiger partial charge in [0.15, 0.2) is 0 Å². The Labute approximate surface area is 411 Å². The predicted octanol–water partition coefficient (Wildman–Crippen LogP) is 19.0. The second-order valence-electron chi connectivity index (χ2n) is 18.7. The second-order valence-corrected chi connectivity index (χ2v) is 18.7. The average molecular weight is 897 g/mol. The summed E-state index contributed by atoms with van der Waals surface area (Å²) >= 11 is 0. The number of aryl methyl sites for hydroxylation is 3. The molecule has 0 aliphatic carbocycles. The highest BCUT2D eigenvalue weighted by atomic mass is 15.1. The molecule has 0 fully saturated rings. The van der Waals surface area contributed by atoms with Crippen molar-refractivity contribution < 1.29 is 0 Å². The zero-order valence-corrected chi connectivity index (χ0v) is 39.7. The molecule has 0 heterocycles. The Hall–Kier alpha value is -8.72. The smallest absolute Gasteiger partial charge is 0.0543 e. The Morgan fingerprint density at radius 1 is 0.300 bits per heavy atom. The molecule has 0 amide bonds. The van der Waals surface area contributed by atoms with Crippen molar-refractivity contribution in [2.45, 2.75) is 27.2 Å². The van der Waals surface area contributed by atoms with Gasteiger partial charge in [-0.3, -0.25) is 0 Å². The van der Waals surface area contributed by atoms with Crippen LogP contribution in [-0.2, 0) is 6.42 Å². The van der Waals surface area contributed by atoms with Gasteiger partial charge >= 0.3 is 0 Å². The van der Waals surface area contributed by atoms with Crippen molar-refractivity contribution in [3.05, 3.63) is 270 Å². The Bertz CT molecular complexity index is 3820. The number of hydrogen-bond acceptors (Lipinski definition) is 2. The molecule has 12 rings (SSSR count). The monoisotopic (exact) mass is 896 g/mol. The molecule has 0 saturated heterocycles. The third kappa shape index (κ3) is 7.94. The standard InChI is InChI=1S/C68H52N2/c1-45-27-29-54(48-17-8-4-9-18-48)41-62(45)69-63-42-55(49-19-10-5-11-20-49)31-33-58(63)40-59-34-32-57(51-23-14-7-15-24-51)44-65(59)70(64-43-56(30-28-46(64)2)50-21-12-6-13-22-50)66-39-47(3)60-37-35-52-25-16-26-53-36-38-61(66)68(60)67(52)53/h4-39,41-44,69H,40H2,1-3H3. The Kier molecular flexibility index (Phi) is 11.0. The predicted molar refractivity (Wildman–Crippen MR) is 300 cm³/mol. The van der Waals surface area contributed by atoms with E-state index in [0.717, 1.165) is 28.4 Å².